The van der Waals surface area contributed by atoms with Gasteiger partial charge in [0, 0.05) is 18.9 Å². The average Bonchev–Trinajstić information content (AvgIpc) is 3.18. The first-order chi connectivity index (χ1) is 14.0. The van der Waals surface area contributed by atoms with Crippen molar-refractivity contribution in [3.63, 3.8) is 0 Å². The van der Waals surface area contributed by atoms with Gasteiger partial charge in [-0.25, -0.2) is 4.68 Å². The second kappa shape index (κ2) is 7.77. The molecule has 0 bridgehead atoms. The zero-order valence-corrected chi connectivity index (χ0v) is 16.8. The Bertz CT molecular complexity index is 1100. The first-order valence-corrected chi connectivity index (χ1v) is 10.2. The van der Waals surface area contributed by atoms with Gasteiger partial charge >= 0.3 is 0 Å². The molecule has 1 aromatic carbocycles. The smallest absolute Gasteiger partial charge is 0.274 e. The molecule has 0 aliphatic heterocycles. The lowest BCUT2D eigenvalue weighted by molar-refractivity contribution is 0.0849. The Morgan fingerprint density at radius 1 is 1.21 bits per heavy atom. The standard InChI is InChI=1S/C21H25N5O3/c1-3-13-26-19(28)16-10-6-5-9-15(16)17(24-26)18(27)23-21(11-7-4-8-12-21)20-22-14(2)29-25-20/h5-6,9-10H,3-4,7-8,11-13H2,1-2H3,(H,23,27). The van der Waals surface area contributed by atoms with E-state index in [1.165, 1.54) is 4.68 Å². The Kier molecular flexibility index (Phi) is 5.17. The van der Waals surface area contributed by atoms with Crippen molar-refractivity contribution in [1.29, 1.82) is 0 Å². The minimum atomic E-state index is -0.679. The Balaban J connectivity index is 1.78. The molecule has 1 saturated carbocycles. The zero-order chi connectivity index (χ0) is 20.4. The summed E-state index contributed by atoms with van der Waals surface area (Å²) in [4.78, 5) is 30.5. The van der Waals surface area contributed by atoms with Crippen LogP contribution in [0, 0.1) is 6.92 Å². The van der Waals surface area contributed by atoms with E-state index in [9.17, 15) is 9.59 Å². The number of carbonyl (C=O) groups excluding carboxylic acids is 1. The van der Waals surface area contributed by atoms with Crippen LogP contribution in [0.1, 0.15) is 67.7 Å². The quantitative estimate of drug-likeness (QED) is 0.712. The highest BCUT2D eigenvalue weighted by Crippen LogP contribution is 2.36. The van der Waals surface area contributed by atoms with Gasteiger partial charge in [-0.2, -0.15) is 10.1 Å². The molecule has 152 valence electrons. The molecule has 1 aliphatic rings. The minimum absolute atomic E-state index is 0.180. The highest BCUT2D eigenvalue weighted by atomic mass is 16.5. The molecule has 0 spiro atoms. The molecular weight excluding hydrogens is 370 g/mol. The van der Waals surface area contributed by atoms with E-state index in [4.69, 9.17) is 4.52 Å². The topological polar surface area (TPSA) is 103 Å². The molecule has 1 fully saturated rings. The van der Waals surface area contributed by atoms with E-state index in [1.807, 2.05) is 13.0 Å². The maximum absolute atomic E-state index is 13.4. The van der Waals surface area contributed by atoms with Gasteiger partial charge in [0.2, 0.25) is 5.89 Å². The number of nitrogens with zero attached hydrogens (tertiary/aromatic N) is 4. The molecule has 2 aromatic heterocycles. The first kappa shape index (κ1) is 19.3. The van der Waals surface area contributed by atoms with E-state index < -0.39 is 5.54 Å². The molecule has 1 aliphatic carbocycles. The fourth-order valence-corrected chi connectivity index (χ4v) is 4.10. The van der Waals surface area contributed by atoms with Crippen molar-refractivity contribution in [2.75, 3.05) is 0 Å². The lowest BCUT2D eigenvalue weighted by atomic mass is 9.80. The molecule has 29 heavy (non-hydrogen) atoms. The van der Waals surface area contributed by atoms with Crippen molar-refractivity contribution >= 4 is 16.7 Å². The maximum Gasteiger partial charge on any atom is 0.274 e. The molecule has 3 aromatic rings. The summed E-state index contributed by atoms with van der Waals surface area (Å²) in [5, 5.41) is 12.7. The minimum Gasteiger partial charge on any atom is -0.340 e. The Labute approximate surface area is 168 Å². The Morgan fingerprint density at radius 2 is 1.93 bits per heavy atom. The van der Waals surface area contributed by atoms with E-state index in [-0.39, 0.29) is 17.2 Å². The van der Waals surface area contributed by atoms with Crippen molar-refractivity contribution in [3.8, 4) is 0 Å². The first-order valence-electron chi connectivity index (χ1n) is 10.2. The van der Waals surface area contributed by atoms with Gasteiger partial charge < -0.3 is 9.84 Å². The van der Waals surface area contributed by atoms with Crippen molar-refractivity contribution in [2.45, 2.75) is 64.5 Å². The number of aryl methyl sites for hydroxylation is 2. The summed E-state index contributed by atoms with van der Waals surface area (Å²) in [6.07, 6.45) is 5.28. The third kappa shape index (κ3) is 3.54. The van der Waals surface area contributed by atoms with Crippen molar-refractivity contribution in [2.24, 2.45) is 0 Å². The fraction of sp³-hybridized carbons (Fsp3) is 0.476. The zero-order valence-electron chi connectivity index (χ0n) is 16.8. The van der Waals surface area contributed by atoms with Crippen molar-refractivity contribution in [3.05, 3.63) is 52.0 Å². The molecule has 8 nitrogen and oxygen atoms in total. The number of aromatic nitrogens is 4. The SMILES string of the molecule is CCCn1nc(C(=O)NC2(c3noc(C)n3)CCCCC2)c2ccccc2c1=O. The predicted molar refractivity (Wildman–Crippen MR) is 108 cm³/mol. The fourth-order valence-electron chi connectivity index (χ4n) is 4.10. The highest BCUT2D eigenvalue weighted by Gasteiger charge is 2.40. The normalized spacial score (nSPS) is 16.1. The van der Waals surface area contributed by atoms with Crippen LogP contribution in [0.3, 0.4) is 0 Å². The maximum atomic E-state index is 13.4. The summed E-state index contributed by atoms with van der Waals surface area (Å²) in [6.45, 7) is 4.17. The van der Waals surface area contributed by atoms with Crippen LogP contribution in [0.2, 0.25) is 0 Å². The summed E-state index contributed by atoms with van der Waals surface area (Å²) >= 11 is 0. The van der Waals surface area contributed by atoms with E-state index in [1.54, 1.807) is 25.1 Å². The largest absolute Gasteiger partial charge is 0.340 e. The number of hydrogen-bond donors (Lipinski definition) is 1. The lowest BCUT2D eigenvalue weighted by Gasteiger charge is -2.35. The van der Waals surface area contributed by atoms with Crippen LogP contribution < -0.4 is 10.9 Å². The molecule has 0 saturated heterocycles. The van der Waals surface area contributed by atoms with E-state index in [0.717, 1.165) is 38.5 Å². The number of amides is 1. The van der Waals surface area contributed by atoms with Crippen LogP contribution in [-0.4, -0.2) is 25.8 Å². The van der Waals surface area contributed by atoms with Gasteiger partial charge in [0.25, 0.3) is 11.5 Å². The van der Waals surface area contributed by atoms with Gasteiger partial charge in [-0.05, 0) is 25.3 Å². The third-order valence-corrected chi connectivity index (χ3v) is 5.53. The van der Waals surface area contributed by atoms with Gasteiger partial charge in [0.05, 0.1) is 5.39 Å². The van der Waals surface area contributed by atoms with Crippen LogP contribution in [0.15, 0.2) is 33.6 Å². The van der Waals surface area contributed by atoms with E-state index in [2.05, 4.69) is 20.6 Å². The second-order valence-corrected chi connectivity index (χ2v) is 7.66. The van der Waals surface area contributed by atoms with Gasteiger partial charge in [-0.1, -0.05) is 49.5 Å². The van der Waals surface area contributed by atoms with Crippen LogP contribution >= 0.6 is 0 Å². The van der Waals surface area contributed by atoms with Gasteiger partial charge in [0.1, 0.15) is 5.54 Å². The van der Waals surface area contributed by atoms with Crippen LogP contribution in [-0.2, 0) is 12.1 Å². The number of benzene rings is 1. The van der Waals surface area contributed by atoms with Crippen LogP contribution in [0.4, 0.5) is 0 Å². The van der Waals surface area contributed by atoms with E-state index >= 15 is 0 Å². The molecular formula is C21H25N5O3. The highest BCUT2D eigenvalue weighted by molar-refractivity contribution is 6.05. The molecule has 0 radical (unpaired) electrons. The molecule has 0 unspecified atom stereocenters. The number of nitrogens with one attached hydrogen (secondary N) is 1. The molecule has 0 atom stereocenters. The molecule has 1 N–H and O–H groups in total. The molecule has 1 amide bonds. The molecule has 2 heterocycles. The Morgan fingerprint density at radius 3 is 2.59 bits per heavy atom. The van der Waals surface area contributed by atoms with E-state index in [0.29, 0.717) is 29.0 Å². The summed E-state index contributed by atoms with van der Waals surface area (Å²) in [7, 11) is 0. The van der Waals surface area contributed by atoms with Gasteiger partial charge in [0.15, 0.2) is 11.5 Å². The number of carbonyl (C=O) groups is 1. The van der Waals surface area contributed by atoms with Gasteiger partial charge in [-0.3, -0.25) is 9.59 Å². The summed E-state index contributed by atoms with van der Waals surface area (Å²) < 4.78 is 6.57. The monoisotopic (exact) mass is 395 g/mol. The lowest BCUT2D eigenvalue weighted by Crippen LogP contribution is -2.48. The predicted octanol–water partition coefficient (Wildman–Crippen LogP) is 3.09. The summed E-state index contributed by atoms with van der Waals surface area (Å²) in [5.74, 6) is 0.656. The van der Waals surface area contributed by atoms with Crippen LogP contribution in [0.25, 0.3) is 10.8 Å². The number of hydrogen-bond acceptors (Lipinski definition) is 6. The molecule has 8 heteroatoms. The average molecular weight is 395 g/mol. The Hall–Kier alpha value is -3.03. The summed E-state index contributed by atoms with van der Waals surface area (Å²) in [5.41, 5.74) is -0.610. The van der Waals surface area contributed by atoms with Gasteiger partial charge in [-0.15, -0.1) is 0 Å². The van der Waals surface area contributed by atoms with Crippen LogP contribution in [0.5, 0.6) is 0 Å². The van der Waals surface area contributed by atoms with Crippen molar-refractivity contribution < 1.29 is 9.32 Å². The second-order valence-electron chi connectivity index (χ2n) is 7.66. The summed E-state index contributed by atoms with van der Waals surface area (Å²) in [6, 6.07) is 7.11. The molecule has 4 rings (SSSR count). The number of rotatable bonds is 5. The number of fused-ring (bicyclic) bond motifs is 1. The third-order valence-electron chi connectivity index (χ3n) is 5.53. The van der Waals surface area contributed by atoms with Crippen molar-refractivity contribution in [1.82, 2.24) is 25.2 Å².